The second-order valence-corrected chi connectivity index (χ2v) is 3.59. The quantitative estimate of drug-likeness (QED) is 0.538. The monoisotopic (exact) mass is 234 g/mol. The Hall–Kier alpha value is -2.24. The lowest BCUT2D eigenvalue weighted by molar-refractivity contribution is -0.121. The van der Waals surface area contributed by atoms with E-state index in [2.05, 4.69) is 9.72 Å². The lowest BCUT2D eigenvalue weighted by Gasteiger charge is -2.13. The van der Waals surface area contributed by atoms with Gasteiger partial charge in [-0.15, -0.1) is 0 Å². The average molecular weight is 234 g/mol. The third-order valence-corrected chi connectivity index (χ3v) is 2.44. The Morgan fingerprint density at radius 2 is 2.18 bits per heavy atom. The van der Waals surface area contributed by atoms with Gasteiger partial charge in [-0.1, -0.05) is 0 Å². The first-order valence-corrected chi connectivity index (χ1v) is 4.98. The smallest absolute Gasteiger partial charge is 0.356 e. The standard InChI is InChI=1S/C11H10N2O4/c1-17-11(16)9-3-2-7(5-12-9)13-6-8(14)4-10(13)15/h2-3,5H,4,6H2,1H3. The number of amides is 1. The highest BCUT2D eigenvalue weighted by Crippen LogP contribution is 2.18. The number of hydrogen-bond donors (Lipinski definition) is 0. The number of rotatable bonds is 2. The van der Waals surface area contributed by atoms with E-state index in [1.54, 1.807) is 6.07 Å². The molecule has 1 aromatic heterocycles. The third-order valence-electron chi connectivity index (χ3n) is 2.44. The summed E-state index contributed by atoms with van der Waals surface area (Å²) < 4.78 is 4.50. The van der Waals surface area contributed by atoms with Crippen molar-refractivity contribution in [1.29, 1.82) is 0 Å². The SMILES string of the molecule is COC(=O)c1ccc(N2CC(=O)CC2=O)cn1. The summed E-state index contributed by atoms with van der Waals surface area (Å²) in [5, 5.41) is 0. The number of Topliss-reactive ketones (excluding diaryl/α,β-unsaturated/α-hetero) is 1. The Bertz CT molecular complexity index is 481. The predicted molar refractivity (Wildman–Crippen MR) is 57.6 cm³/mol. The predicted octanol–water partition coefficient (Wildman–Crippen LogP) is 0.174. The van der Waals surface area contributed by atoms with Crippen LogP contribution in [0.4, 0.5) is 5.69 Å². The third kappa shape index (κ3) is 2.15. The molecule has 2 rings (SSSR count). The molecule has 6 nitrogen and oxygen atoms in total. The van der Waals surface area contributed by atoms with Crippen LogP contribution in [0.1, 0.15) is 16.9 Å². The number of ketones is 1. The van der Waals surface area contributed by atoms with Gasteiger partial charge in [0.1, 0.15) is 5.69 Å². The Morgan fingerprint density at radius 3 is 2.65 bits per heavy atom. The molecular formula is C11H10N2O4. The van der Waals surface area contributed by atoms with Gasteiger partial charge in [0, 0.05) is 0 Å². The normalized spacial score (nSPS) is 15.2. The Labute approximate surface area is 97.2 Å². The Balaban J connectivity index is 2.21. The van der Waals surface area contributed by atoms with Gasteiger partial charge in [-0.3, -0.25) is 9.59 Å². The molecule has 1 saturated heterocycles. The van der Waals surface area contributed by atoms with E-state index in [-0.39, 0.29) is 30.3 Å². The highest BCUT2D eigenvalue weighted by atomic mass is 16.5. The van der Waals surface area contributed by atoms with Crippen LogP contribution in [0.15, 0.2) is 18.3 Å². The fraction of sp³-hybridized carbons (Fsp3) is 0.273. The molecule has 1 aromatic rings. The minimum Gasteiger partial charge on any atom is -0.464 e. The van der Waals surface area contributed by atoms with E-state index in [0.717, 1.165) is 0 Å². The summed E-state index contributed by atoms with van der Waals surface area (Å²) in [6, 6.07) is 3.02. The van der Waals surface area contributed by atoms with Crippen molar-refractivity contribution in [1.82, 2.24) is 4.98 Å². The van der Waals surface area contributed by atoms with E-state index >= 15 is 0 Å². The van der Waals surface area contributed by atoms with Crippen molar-refractivity contribution in [3.63, 3.8) is 0 Å². The lowest BCUT2D eigenvalue weighted by atomic mass is 10.3. The molecule has 0 bridgehead atoms. The topological polar surface area (TPSA) is 76.6 Å². The summed E-state index contributed by atoms with van der Waals surface area (Å²) in [6.07, 6.45) is 1.31. The van der Waals surface area contributed by atoms with Crippen LogP contribution < -0.4 is 4.90 Å². The van der Waals surface area contributed by atoms with Crippen LogP contribution in [0.2, 0.25) is 0 Å². The van der Waals surface area contributed by atoms with Crippen molar-refractivity contribution in [2.24, 2.45) is 0 Å². The van der Waals surface area contributed by atoms with E-state index < -0.39 is 5.97 Å². The van der Waals surface area contributed by atoms with Crippen LogP contribution in [0.3, 0.4) is 0 Å². The highest BCUT2D eigenvalue weighted by molar-refractivity contribution is 6.15. The van der Waals surface area contributed by atoms with E-state index in [0.29, 0.717) is 5.69 Å². The summed E-state index contributed by atoms with van der Waals surface area (Å²) in [7, 11) is 1.26. The summed E-state index contributed by atoms with van der Waals surface area (Å²) >= 11 is 0. The van der Waals surface area contributed by atoms with E-state index in [1.165, 1.54) is 24.3 Å². The van der Waals surface area contributed by atoms with E-state index in [9.17, 15) is 14.4 Å². The van der Waals surface area contributed by atoms with Gasteiger partial charge < -0.3 is 9.64 Å². The average Bonchev–Trinajstić information content (AvgIpc) is 2.68. The maximum absolute atomic E-state index is 11.4. The van der Waals surface area contributed by atoms with Gasteiger partial charge in [0.05, 0.1) is 32.0 Å². The maximum Gasteiger partial charge on any atom is 0.356 e. The maximum atomic E-state index is 11.4. The number of pyridine rings is 1. The minimum atomic E-state index is -0.541. The largest absolute Gasteiger partial charge is 0.464 e. The molecule has 0 atom stereocenters. The molecule has 2 heterocycles. The number of anilines is 1. The number of carbonyl (C=O) groups is 3. The van der Waals surface area contributed by atoms with Crippen LogP contribution in [0, 0.1) is 0 Å². The molecule has 1 aliphatic heterocycles. The zero-order valence-electron chi connectivity index (χ0n) is 9.17. The molecule has 6 heteroatoms. The molecule has 0 aromatic carbocycles. The number of aromatic nitrogens is 1. The number of hydrogen-bond acceptors (Lipinski definition) is 5. The van der Waals surface area contributed by atoms with Crippen LogP contribution in [0.5, 0.6) is 0 Å². The highest BCUT2D eigenvalue weighted by Gasteiger charge is 2.28. The van der Waals surface area contributed by atoms with Crippen molar-refractivity contribution in [2.75, 3.05) is 18.6 Å². The second kappa shape index (κ2) is 4.32. The van der Waals surface area contributed by atoms with Crippen molar-refractivity contribution in [2.45, 2.75) is 6.42 Å². The van der Waals surface area contributed by atoms with Gasteiger partial charge in [0.2, 0.25) is 5.91 Å². The van der Waals surface area contributed by atoms with Gasteiger partial charge in [0.15, 0.2) is 5.78 Å². The van der Waals surface area contributed by atoms with Crippen LogP contribution >= 0.6 is 0 Å². The molecule has 1 fully saturated rings. The molecule has 0 saturated carbocycles. The number of methoxy groups -OCH3 is 1. The van der Waals surface area contributed by atoms with Gasteiger partial charge in [-0.2, -0.15) is 0 Å². The molecular weight excluding hydrogens is 224 g/mol. The molecule has 0 spiro atoms. The van der Waals surface area contributed by atoms with Gasteiger partial charge >= 0.3 is 5.97 Å². The van der Waals surface area contributed by atoms with Crippen molar-refractivity contribution in [3.8, 4) is 0 Å². The van der Waals surface area contributed by atoms with Crippen molar-refractivity contribution < 1.29 is 19.1 Å². The molecule has 0 N–H and O–H groups in total. The first-order valence-electron chi connectivity index (χ1n) is 4.98. The molecule has 1 amide bonds. The summed E-state index contributed by atoms with van der Waals surface area (Å²) in [5.41, 5.74) is 0.669. The lowest BCUT2D eigenvalue weighted by Crippen LogP contribution is -2.24. The van der Waals surface area contributed by atoms with Crippen LogP contribution in [-0.2, 0) is 14.3 Å². The van der Waals surface area contributed by atoms with Gasteiger partial charge in [-0.25, -0.2) is 9.78 Å². The fourth-order valence-corrected chi connectivity index (χ4v) is 1.59. The molecule has 0 unspecified atom stereocenters. The van der Waals surface area contributed by atoms with Crippen molar-refractivity contribution >= 4 is 23.3 Å². The Morgan fingerprint density at radius 1 is 1.41 bits per heavy atom. The molecule has 0 radical (unpaired) electrons. The van der Waals surface area contributed by atoms with Gasteiger partial charge in [0.25, 0.3) is 0 Å². The minimum absolute atomic E-state index is 0.0675. The van der Waals surface area contributed by atoms with E-state index in [1.807, 2.05) is 0 Å². The number of nitrogens with zero attached hydrogens (tertiary/aromatic N) is 2. The molecule has 88 valence electrons. The molecule has 17 heavy (non-hydrogen) atoms. The summed E-state index contributed by atoms with van der Waals surface area (Å²) in [5.74, 6) is -0.907. The fourth-order valence-electron chi connectivity index (χ4n) is 1.59. The Kier molecular flexibility index (Phi) is 2.86. The number of ether oxygens (including phenoxy) is 1. The summed E-state index contributed by atoms with van der Waals surface area (Å²) in [4.78, 5) is 38.9. The second-order valence-electron chi connectivity index (χ2n) is 3.59. The van der Waals surface area contributed by atoms with Crippen LogP contribution in [0.25, 0.3) is 0 Å². The van der Waals surface area contributed by atoms with E-state index in [4.69, 9.17) is 0 Å². The first-order chi connectivity index (χ1) is 8.11. The summed E-state index contributed by atoms with van der Waals surface area (Å²) in [6.45, 7) is 0.0675. The number of carbonyl (C=O) groups excluding carboxylic acids is 3. The zero-order valence-corrected chi connectivity index (χ0v) is 9.17. The molecule has 0 aliphatic carbocycles. The van der Waals surface area contributed by atoms with Crippen LogP contribution in [-0.4, -0.2) is 36.3 Å². The van der Waals surface area contributed by atoms with Gasteiger partial charge in [-0.05, 0) is 12.1 Å². The zero-order chi connectivity index (χ0) is 12.4. The van der Waals surface area contributed by atoms with Crippen molar-refractivity contribution in [3.05, 3.63) is 24.0 Å². The molecule has 1 aliphatic rings. The first kappa shape index (κ1) is 11.3. The number of esters is 1.